The van der Waals surface area contributed by atoms with Crippen molar-refractivity contribution in [2.45, 2.75) is 26.0 Å². The van der Waals surface area contributed by atoms with Crippen LogP contribution in [0.1, 0.15) is 12.5 Å². The number of benzene rings is 1. The van der Waals surface area contributed by atoms with Gasteiger partial charge in [-0.1, -0.05) is 12.1 Å². The lowest BCUT2D eigenvalue weighted by Gasteiger charge is -2.15. The van der Waals surface area contributed by atoms with Crippen LogP contribution in [0.2, 0.25) is 0 Å². The van der Waals surface area contributed by atoms with Crippen LogP contribution in [0.5, 0.6) is 5.75 Å². The summed E-state index contributed by atoms with van der Waals surface area (Å²) >= 11 is 0. The van der Waals surface area contributed by atoms with Gasteiger partial charge in [0.1, 0.15) is 25.1 Å². The summed E-state index contributed by atoms with van der Waals surface area (Å²) in [6.45, 7) is 3.81. The number of aryl methyl sites for hydroxylation is 1. The van der Waals surface area contributed by atoms with Crippen molar-refractivity contribution < 1.29 is 14.2 Å². The summed E-state index contributed by atoms with van der Waals surface area (Å²) < 4.78 is 17.6. The summed E-state index contributed by atoms with van der Waals surface area (Å²) in [6, 6.07) is 7.40. The fourth-order valence-electron chi connectivity index (χ4n) is 1.35. The minimum atomic E-state index is -0.635. The molecule has 0 saturated heterocycles. The molecule has 96 valence electrons. The number of nitrogens with one attached hydrogen (secondary N) is 1. The van der Waals surface area contributed by atoms with E-state index < -0.39 is 12.8 Å². The predicted molar refractivity (Wildman–Crippen MR) is 66.1 cm³/mol. The lowest BCUT2D eigenvalue weighted by Crippen LogP contribution is -2.37. The van der Waals surface area contributed by atoms with Crippen molar-refractivity contribution in [3.05, 3.63) is 29.8 Å². The Labute approximate surface area is 102 Å². The van der Waals surface area contributed by atoms with Crippen molar-refractivity contribution in [3.8, 4) is 5.75 Å². The highest BCUT2D eigenvalue weighted by molar-refractivity contribution is 5.27. The van der Waals surface area contributed by atoms with Gasteiger partial charge in [0.2, 0.25) is 0 Å². The Morgan fingerprint density at radius 3 is 2.88 bits per heavy atom. The van der Waals surface area contributed by atoms with E-state index in [1.807, 2.05) is 31.2 Å². The first-order valence-electron chi connectivity index (χ1n) is 5.78. The molecule has 2 N–H and O–H groups in total. The van der Waals surface area contributed by atoms with E-state index in [9.17, 15) is 9.50 Å². The van der Waals surface area contributed by atoms with Gasteiger partial charge in [-0.05, 0) is 31.5 Å². The van der Waals surface area contributed by atoms with Gasteiger partial charge in [-0.2, -0.15) is 0 Å². The van der Waals surface area contributed by atoms with Crippen LogP contribution in [0.3, 0.4) is 0 Å². The molecule has 0 heterocycles. The van der Waals surface area contributed by atoms with Crippen LogP contribution in [0.25, 0.3) is 0 Å². The number of halogens is 1. The van der Waals surface area contributed by atoms with Crippen LogP contribution in [0.15, 0.2) is 24.3 Å². The Bertz CT molecular complexity index is 333. The molecule has 0 aliphatic rings. The summed E-state index contributed by atoms with van der Waals surface area (Å²) in [5.74, 6) is 0.739. The molecule has 1 rings (SSSR count). The molecular formula is C13H20FNO2. The Hall–Kier alpha value is -1.13. The largest absolute Gasteiger partial charge is 0.491 e. The molecule has 1 aromatic rings. The second-order valence-corrected chi connectivity index (χ2v) is 4.24. The number of aliphatic hydroxyl groups is 1. The van der Waals surface area contributed by atoms with Gasteiger partial charge in [0.05, 0.1) is 0 Å². The smallest absolute Gasteiger partial charge is 0.119 e. The zero-order chi connectivity index (χ0) is 12.7. The minimum Gasteiger partial charge on any atom is -0.491 e. The van der Waals surface area contributed by atoms with E-state index in [0.29, 0.717) is 6.54 Å². The maximum Gasteiger partial charge on any atom is 0.119 e. The van der Waals surface area contributed by atoms with E-state index in [1.165, 1.54) is 0 Å². The second-order valence-electron chi connectivity index (χ2n) is 4.24. The molecule has 0 fully saturated rings. The van der Waals surface area contributed by atoms with Gasteiger partial charge in [-0.15, -0.1) is 0 Å². The first-order valence-corrected chi connectivity index (χ1v) is 5.78. The molecule has 0 saturated carbocycles. The molecule has 2 atom stereocenters. The van der Waals surface area contributed by atoms with Crippen LogP contribution in [-0.2, 0) is 0 Å². The highest BCUT2D eigenvalue weighted by Crippen LogP contribution is 2.12. The van der Waals surface area contributed by atoms with E-state index in [-0.39, 0.29) is 12.6 Å². The summed E-state index contributed by atoms with van der Waals surface area (Å²) in [7, 11) is 0. The van der Waals surface area contributed by atoms with Crippen molar-refractivity contribution in [1.29, 1.82) is 0 Å². The summed E-state index contributed by atoms with van der Waals surface area (Å²) in [5, 5.41) is 12.5. The van der Waals surface area contributed by atoms with E-state index in [1.54, 1.807) is 6.92 Å². The van der Waals surface area contributed by atoms with Crippen molar-refractivity contribution >= 4 is 0 Å². The number of aliphatic hydroxyl groups excluding tert-OH is 1. The molecule has 0 radical (unpaired) electrons. The van der Waals surface area contributed by atoms with Gasteiger partial charge in [0.25, 0.3) is 0 Å². The average Bonchev–Trinajstić information content (AvgIpc) is 2.33. The number of alkyl halides is 1. The normalized spacial score (nSPS) is 14.4. The molecule has 1 unspecified atom stereocenters. The molecule has 4 heteroatoms. The third-order valence-electron chi connectivity index (χ3n) is 2.37. The number of hydrogen-bond donors (Lipinski definition) is 2. The van der Waals surface area contributed by atoms with Crippen LogP contribution in [0, 0.1) is 6.92 Å². The van der Waals surface area contributed by atoms with Crippen LogP contribution < -0.4 is 10.1 Å². The second kappa shape index (κ2) is 7.25. The average molecular weight is 241 g/mol. The van der Waals surface area contributed by atoms with Gasteiger partial charge < -0.3 is 15.2 Å². The Morgan fingerprint density at radius 1 is 1.47 bits per heavy atom. The van der Waals surface area contributed by atoms with Crippen LogP contribution in [-0.4, -0.2) is 37.1 Å². The van der Waals surface area contributed by atoms with E-state index in [2.05, 4.69) is 5.32 Å². The van der Waals surface area contributed by atoms with Gasteiger partial charge in [0, 0.05) is 12.6 Å². The number of rotatable bonds is 7. The molecule has 17 heavy (non-hydrogen) atoms. The molecule has 0 amide bonds. The molecular weight excluding hydrogens is 221 g/mol. The van der Waals surface area contributed by atoms with Crippen molar-refractivity contribution in [2.75, 3.05) is 19.8 Å². The molecule has 0 aliphatic carbocycles. The van der Waals surface area contributed by atoms with Gasteiger partial charge in [0.15, 0.2) is 0 Å². The van der Waals surface area contributed by atoms with E-state index in [0.717, 1.165) is 11.3 Å². The fraction of sp³-hybridized carbons (Fsp3) is 0.538. The summed E-state index contributed by atoms with van der Waals surface area (Å²) in [5.41, 5.74) is 1.11. The molecule has 0 aliphatic heterocycles. The summed E-state index contributed by atoms with van der Waals surface area (Å²) in [4.78, 5) is 0. The first-order chi connectivity index (χ1) is 8.11. The zero-order valence-electron chi connectivity index (χ0n) is 10.3. The van der Waals surface area contributed by atoms with Crippen LogP contribution >= 0.6 is 0 Å². The molecule has 0 spiro atoms. The predicted octanol–water partition coefficient (Wildman–Crippen LogP) is 1.68. The fourth-order valence-corrected chi connectivity index (χ4v) is 1.35. The standard InChI is InChI=1S/C13H20FNO2/c1-10-4-3-5-13(6-10)17-9-12(16)8-15-11(2)7-14/h3-6,11-12,15-16H,7-9H2,1-2H3/t11?,12-/m0/s1. The zero-order valence-corrected chi connectivity index (χ0v) is 10.3. The first kappa shape index (κ1) is 13.9. The van der Waals surface area contributed by atoms with Gasteiger partial charge in [-0.3, -0.25) is 0 Å². The topological polar surface area (TPSA) is 41.5 Å². The monoisotopic (exact) mass is 241 g/mol. The van der Waals surface area contributed by atoms with E-state index >= 15 is 0 Å². The molecule has 3 nitrogen and oxygen atoms in total. The van der Waals surface area contributed by atoms with E-state index in [4.69, 9.17) is 4.74 Å². The van der Waals surface area contributed by atoms with Gasteiger partial charge in [-0.25, -0.2) is 4.39 Å². The Kier molecular flexibility index (Phi) is 5.94. The van der Waals surface area contributed by atoms with Crippen molar-refractivity contribution in [2.24, 2.45) is 0 Å². The lowest BCUT2D eigenvalue weighted by atomic mass is 10.2. The summed E-state index contributed by atoms with van der Waals surface area (Å²) in [6.07, 6.45) is -0.635. The van der Waals surface area contributed by atoms with Crippen molar-refractivity contribution in [1.82, 2.24) is 5.32 Å². The number of hydrogen-bond acceptors (Lipinski definition) is 3. The SMILES string of the molecule is Cc1cccc(OC[C@@H](O)CNC(C)CF)c1. The molecule has 0 aromatic heterocycles. The molecule has 0 bridgehead atoms. The van der Waals surface area contributed by atoms with Gasteiger partial charge >= 0.3 is 0 Å². The van der Waals surface area contributed by atoms with Crippen LogP contribution in [0.4, 0.5) is 4.39 Å². The highest BCUT2D eigenvalue weighted by atomic mass is 19.1. The Balaban J connectivity index is 2.26. The third-order valence-corrected chi connectivity index (χ3v) is 2.37. The maximum absolute atomic E-state index is 12.2. The minimum absolute atomic E-state index is 0.204. The molecule has 1 aromatic carbocycles. The lowest BCUT2D eigenvalue weighted by molar-refractivity contribution is 0.103. The van der Waals surface area contributed by atoms with Crippen molar-refractivity contribution in [3.63, 3.8) is 0 Å². The quantitative estimate of drug-likeness (QED) is 0.763. The third kappa shape index (κ3) is 5.65. The Morgan fingerprint density at radius 2 is 2.24 bits per heavy atom. The number of ether oxygens (including phenoxy) is 1. The maximum atomic E-state index is 12.2. The highest BCUT2D eigenvalue weighted by Gasteiger charge is 2.07.